The normalized spacial score (nSPS) is 13.1. The molecule has 0 aliphatic heterocycles. The summed E-state index contributed by atoms with van der Waals surface area (Å²) in [6, 6.07) is 0. The van der Waals surface area contributed by atoms with E-state index in [4.69, 9.17) is 18.9 Å². The summed E-state index contributed by atoms with van der Waals surface area (Å²) < 4.78 is 23.2. The molecule has 0 aromatic heterocycles. The Hall–Kier alpha value is -1.24. The van der Waals surface area contributed by atoms with Gasteiger partial charge in [-0.1, -0.05) is 140 Å². The van der Waals surface area contributed by atoms with Gasteiger partial charge in [-0.15, -0.1) is 0 Å². The van der Waals surface area contributed by atoms with Gasteiger partial charge in [-0.05, 0) is 91.1 Å². The number of hydrogen-bond donors (Lipinski definition) is 0. The van der Waals surface area contributed by atoms with Gasteiger partial charge in [0.2, 0.25) is 0 Å². The quantitative estimate of drug-likeness (QED) is 0.0368. The van der Waals surface area contributed by atoms with E-state index in [1.165, 1.54) is 128 Å². The third kappa shape index (κ3) is 40.9. The van der Waals surface area contributed by atoms with Gasteiger partial charge in [0, 0.05) is 19.8 Å². The van der Waals surface area contributed by atoms with Crippen LogP contribution in [-0.4, -0.2) is 65.1 Å². The molecule has 0 radical (unpaired) electrons. The maximum Gasteiger partial charge on any atom is 0.147 e. The molecule has 0 fully saturated rings. The summed E-state index contributed by atoms with van der Waals surface area (Å²) in [7, 11) is 4.12. The molecular weight excluding hydrogens is 594 g/mol. The minimum absolute atomic E-state index is 0.0127. The number of likely N-dealkylation sites (N-methyl/N-ethyl adjacent to an activating group) is 1. The zero-order chi connectivity index (χ0) is 34.9. The molecule has 0 aliphatic carbocycles. The summed E-state index contributed by atoms with van der Waals surface area (Å²) >= 11 is 0. The predicted molar refractivity (Wildman–Crippen MR) is 210 cm³/mol. The molecule has 0 saturated heterocycles. The van der Waals surface area contributed by atoms with Crippen LogP contribution in [0.2, 0.25) is 0 Å². The van der Waals surface area contributed by atoms with Crippen LogP contribution >= 0.6 is 0 Å². The van der Waals surface area contributed by atoms with Crippen molar-refractivity contribution >= 4 is 0 Å². The molecule has 5 nitrogen and oxygen atoms in total. The van der Waals surface area contributed by atoms with Crippen LogP contribution in [-0.2, 0) is 18.9 Å². The van der Waals surface area contributed by atoms with Gasteiger partial charge in [-0.25, -0.2) is 0 Å². The number of rotatable bonds is 39. The molecule has 0 aromatic rings. The first-order chi connectivity index (χ1) is 23.7. The van der Waals surface area contributed by atoms with Crippen LogP contribution in [0.4, 0.5) is 0 Å². The van der Waals surface area contributed by atoms with Crippen LogP contribution in [0.5, 0.6) is 0 Å². The average molecular weight is 676 g/mol. The minimum Gasteiger partial charge on any atom is -0.355 e. The van der Waals surface area contributed by atoms with Crippen LogP contribution in [0.25, 0.3) is 0 Å². The van der Waals surface area contributed by atoms with Gasteiger partial charge in [-0.2, -0.15) is 0 Å². The van der Waals surface area contributed by atoms with E-state index in [-0.39, 0.29) is 6.10 Å². The third-order valence-corrected chi connectivity index (χ3v) is 8.40. The van der Waals surface area contributed by atoms with Crippen LogP contribution in [0, 0.1) is 0 Å². The molecule has 0 aliphatic rings. The topological polar surface area (TPSA) is 40.2 Å². The molecule has 0 amide bonds. The molecule has 0 aromatic carbocycles. The van der Waals surface area contributed by atoms with Crippen molar-refractivity contribution < 1.29 is 18.9 Å². The molecule has 48 heavy (non-hydrogen) atoms. The maximum absolute atomic E-state index is 5.96. The smallest absolute Gasteiger partial charge is 0.147 e. The molecule has 0 N–H and O–H groups in total. The van der Waals surface area contributed by atoms with Crippen molar-refractivity contribution in [2.24, 2.45) is 0 Å². The van der Waals surface area contributed by atoms with Crippen LogP contribution in [0.1, 0.15) is 168 Å². The highest BCUT2D eigenvalue weighted by Crippen LogP contribution is 2.10. The third-order valence-electron chi connectivity index (χ3n) is 8.40. The Labute approximate surface area is 300 Å². The molecule has 0 saturated carbocycles. The van der Waals surface area contributed by atoms with Crippen molar-refractivity contribution in [2.45, 2.75) is 174 Å². The molecule has 1 unspecified atom stereocenters. The second-order valence-electron chi connectivity index (χ2n) is 13.6. The SMILES string of the molecule is CCCCCC=CCC=CCCCCCCCCOCOCC(CN(C)C)OCOCCCCCCCCC=CCC=CCCCCC. The number of allylic oxidation sites excluding steroid dienone is 8. The van der Waals surface area contributed by atoms with Gasteiger partial charge in [0.05, 0.1) is 12.7 Å². The van der Waals surface area contributed by atoms with Crippen LogP contribution < -0.4 is 0 Å². The average Bonchev–Trinajstić information content (AvgIpc) is 3.08. The lowest BCUT2D eigenvalue weighted by molar-refractivity contribution is -0.137. The Morgan fingerprint density at radius 1 is 0.438 bits per heavy atom. The Morgan fingerprint density at radius 3 is 1.27 bits per heavy atom. The highest BCUT2D eigenvalue weighted by Gasteiger charge is 2.11. The molecule has 1 atom stereocenters. The van der Waals surface area contributed by atoms with Gasteiger partial charge in [0.15, 0.2) is 0 Å². The maximum atomic E-state index is 5.96. The molecule has 0 heterocycles. The summed E-state index contributed by atoms with van der Waals surface area (Å²) in [6.45, 7) is 8.05. The van der Waals surface area contributed by atoms with Crippen molar-refractivity contribution in [3.63, 3.8) is 0 Å². The Bertz CT molecular complexity index is 718. The summed E-state index contributed by atoms with van der Waals surface area (Å²) in [5.41, 5.74) is 0. The predicted octanol–water partition coefficient (Wildman–Crippen LogP) is 12.5. The fourth-order valence-electron chi connectivity index (χ4n) is 5.45. The minimum atomic E-state index is -0.0127. The van der Waals surface area contributed by atoms with Gasteiger partial charge in [-0.3, -0.25) is 0 Å². The fourth-order valence-corrected chi connectivity index (χ4v) is 5.45. The van der Waals surface area contributed by atoms with Gasteiger partial charge >= 0.3 is 0 Å². The van der Waals surface area contributed by atoms with E-state index in [0.717, 1.165) is 45.4 Å². The summed E-state index contributed by atoms with van der Waals surface area (Å²) in [4.78, 5) is 2.13. The standard InChI is InChI=1S/C43H81NO4/c1-5-7-9-11-13-15-17-19-21-23-25-27-29-31-33-35-37-45-41-47-40-43(39-44(3)4)48-42-46-38-36-34-32-30-28-26-24-22-20-18-16-14-12-10-8-6-2/h13-16,19-22,43H,5-12,17-18,23-42H2,1-4H3. The lowest BCUT2D eigenvalue weighted by atomic mass is 10.1. The first-order valence-corrected chi connectivity index (χ1v) is 20.3. The lowest BCUT2D eigenvalue weighted by Crippen LogP contribution is -2.33. The van der Waals surface area contributed by atoms with E-state index in [2.05, 4.69) is 81.5 Å². The van der Waals surface area contributed by atoms with Gasteiger partial charge in [0.1, 0.15) is 13.6 Å². The van der Waals surface area contributed by atoms with Crippen molar-refractivity contribution in [2.75, 3.05) is 54.0 Å². The highest BCUT2D eigenvalue weighted by molar-refractivity contribution is 4.93. The zero-order valence-corrected chi connectivity index (χ0v) is 32.5. The van der Waals surface area contributed by atoms with Crippen molar-refractivity contribution in [1.82, 2.24) is 4.90 Å². The highest BCUT2D eigenvalue weighted by atomic mass is 16.7. The van der Waals surface area contributed by atoms with Gasteiger partial charge in [0.25, 0.3) is 0 Å². The van der Waals surface area contributed by atoms with E-state index < -0.39 is 0 Å². The first kappa shape index (κ1) is 46.8. The van der Waals surface area contributed by atoms with Crippen molar-refractivity contribution in [1.29, 1.82) is 0 Å². The van der Waals surface area contributed by atoms with E-state index in [9.17, 15) is 0 Å². The molecule has 0 bridgehead atoms. The number of unbranched alkanes of at least 4 members (excludes halogenated alkanes) is 18. The van der Waals surface area contributed by atoms with E-state index >= 15 is 0 Å². The van der Waals surface area contributed by atoms with Crippen LogP contribution in [0.3, 0.4) is 0 Å². The largest absolute Gasteiger partial charge is 0.355 e. The Kier molecular flexibility index (Phi) is 40.8. The number of nitrogens with zero attached hydrogens (tertiary/aromatic N) is 1. The van der Waals surface area contributed by atoms with Crippen molar-refractivity contribution in [3.05, 3.63) is 48.6 Å². The fraction of sp³-hybridized carbons (Fsp3) is 0.814. The molecule has 0 spiro atoms. The van der Waals surface area contributed by atoms with E-state index in [1.807, 2.05) is 0 Å². The summed E-state index contributed by atoms with van der Waals surface area (Å²) in [5, 5.41) is 0. The molecule has 0 rings (SSSR count). The van der Waals surface area contributed by atoms with Crippen molar-refractivity contribution in [3.8, 4) is 0 Å². The Balaban J connectivity index is 3.53. The summed E-state index contributed by atoms with van der Waals surface area (Å²) in [5.74, 6) is 0. The van der Waals surface area contributed by atoms with E-state index in [0.29, 0.717) is 20.2 Å². The summed E-state index contributed by atoms with van der Waals surface area (Å²) in [6.07, 6.45) is 48.8. The van der Waals surface area contributed by atoms with Crippen LogP contribution in [0.15, 0.2) is 48.6 Å². The second kappa shape index (κ2) is 41.9. The van der Waals surface area contributed by atoms with Gasteiger partial charge < -0.3 is 23.8 Å². The lowest BCUT2D eigenvalue weighted by Gasteiger charge is -2.21. The Morgan fingerprint density at radius 2 is 0.833 bits per heavy atom. The second-order valence-corrected chi connectivity index (χ2v) is 13.6. The zero-order valence-electron chi connectivity index (χ0n) is 32.5. The molecular formula is C43H81NO4. The monoisotopic (exact) mass is 676 g/mol. The molecule has 5 heteroatoms. The van der Waals surface area contributed by atoms with E-state index in [1.54, 1.807) is 0 Å². The number of hydrogen-bond acceptors (Lipinski definition) is 5. The number of ether oxygens (including phenoxy) is 4. The molecule has 282 valence electrons. The first-order valence-electron chi connectivity index (χ1n) is 20.3.